The summed E-state index contributed by atoms with van der Waals surface area (Å²) in [5.41, 5.74) is 1.59. The third-order valence-corrected chi connectivity index (χ3v) is 8.97. The van der Waals surface area contributed by atoms with Gasteiger partial charge in [0.2, 0.25) is 11.8 Å². The molecular weight excluding hydrogens is 605 g/mol. The van der Waals surface area contributed by atoms with Crippen LogP contribution in [0, 0.1) is 5.82 Å². The number of anilines is 1. The number of nitrogens with one attached hydrogen (secondary N) is 1. The molecule has 0 heterocycles. The van der Waals surface area contributed by atoms with Gasteiger partial charge < -0.3 is 15.0 Å². The minimum atomic E-state index is -4.32. The van der Waals surface area contributed by atoms with Gasteiger partial charge in [0, 0.05) is 24.5 Å². The summed E-state index contributed by atoms with van der Waals surface area (Å²) in [6.07, 6.45) is 0.188. The van der Waals surface area contributed by atoms with Crippen LogP contribution in [0.3, 0.4) is 0 Å². The van der Waals surface area contributed by atoms with Crippen molar-refractivity contribution in [3.8, 4) is 5.75 Å². The maximum atomic E-state index is 14.3. The minimum absolute atomic E-state index is 0.00444. The van der Waals surface area contributed by atoms with E-state index in [1.54, 1.807) is 31.2 Å². The van der Waals surface area contributed by atoms with Crippen LogP contribution in [0.15, 0.2) is 108 Å². The summed E-state index contributed by atoms with van der Waals surface area (Å²) < 4.78 is 47.9. The number of amides is 2. The fourth-order valence-corrected chi connectivity index (χ4v) is 6.18. The van der Waals surface area contributed by atoms with Crippen LogP contribution in [0.5, 0.6) is 5.75 Å². The maximum absolute atomic E-state index is 14.3. The quantitative estimate of drug-likeness (QED) is 0.210. The molecule has 4 rings (SSSR count). The smallest absolute Gasteiger partial charge is 0.264 e. The Morgan fingerprint density at radius 2 is 1.52 bits per heavy atom. The zero-order chi connectivity index (χ0) is 31.7. The molecule has 0 fully saturated rings. The largest absolute Gasteiger partial charge is 0.497 e. The first-order valence-electron chi connectivity index (χ1n) is 13.9. The van der Waals surface area contributed by atoms with Gasteiger partial charge in [-0.3, -0.25) is 13.9 Å². The Labute approximate surface area is 262 Å². The van der Waals surface area contributed by atoms with Gasteiger partial charge in [-0.05, 0) is 78.7 Å². The third kappa shape index (κ3) is 8.15. The molecule has 0 aliphatic carbocycles. The van der Waals surface area contributed by atoms with E-state index in [0.29, 0.717) is 22.9 Å². The molecule has 11 heteroatoms. The molecule has 8 nitrogen and oxygen atoms in total. The lowest BCUT2D eigenvalue weighted by atomic mass is 10.0. The van der Waals surface area contributed by atoms with E-state index in [4.69, 9.17) is 16.3 Å². The highest BCUT2D eigenvalue weighted by Gasteiger charge is 2.34. The highest BCUT2D eigenvalue weighted by atomic mass is 35.5. The molecule has 0 aliphatic heterocycles. The molecule has 0 saturated carbocycles. The molecule has 0 radical (unpaired) electrons. The second kappa shape index (κ2) is 14.9. The lowest BCUT2D eigenvalue weighted by molar-refractivity contribution is -0.140. The predicted octanol–water partition coefficient (Wildman–Crippen LogP) is 5.46. The van der Waals surface area contributed by atoms with Gasteiger partial charge in [-0.1, -0.05) is 54.1 Å². The zero-order valence-corrected chi connectivity index (χ0v) is 25.9. The van der Waals surface area contributed by atoms with Gasteiger partial charge in [0.25, 0.3) is 10.0 Å². The average Bonchev–Trinajstić information content (AvgIpc) is 3.03. The first kappa shape index (κ1) is 32.5. The molecule has 1 N–H and O–H groups in total. The third-order valence-electron chi connectivity index (χ3n) is 6.93. The number of benzene rings is 4. The SMILES string of the molecule is CCNC(=O)[C@H](Cc1ccccc1)N(Cc1ccc(Cl)cc1)C(=O)CN(c1ccc(F)cc1)S(=O)(=O)c1ccc(OC)cc1. The van der Waals surface area contributed by atoms with E-state index in [1.165, 1.54) is 48.4 Å². The van der Waals surface area contributed by atoms with Crippen LogP contribution in [-0.4, -0.2) is 51.4 Å². The Hall–Kier alpha value is -4.41. The van der Waals surface area contributed by atoms with Crippen LogP contribution in [-0.2, 0) is 32.6 Å². The molecule has 0 saturated heterocycles. The molecule has 0 unspecified atom stereocenters. The molecule has 4 aromatic carbocycles. The summed E-state index contributed by atoms with van der Waals surface area (Å²) in [6, 6.07) is 25.7. The zero-order valence-electron chi connectivity index (χ0n) is 24.3. The van der Waals surface area contributed by atoms with Gasteiger partial charge >= 0.3 is 0 Å². The summed E-state index contributed by atoms with van der Waals surface area (Å²) in [6.45, 7) is 1.46. The second-order valence-corrected chi connectivity index (χ2v) is 12.2. The van der Waals surface area contributed by atoms with Gasteiger partial charge in [0.1, 0.15) is 24.2 Å². The van der Waals surface area contributed by atoms with Crippen molar-refractivity contribution in [2.45, 2.75) is 30.8 Å². The standard InChI is InChI=1S/C33H33ClFN3O5S/c1-3-36-33(40)31(21-24-7-5-4-6-8-24)37(22-25-9-11-26(34)12-10-25)32(39)23-38(28-15-13-27(35)14-16-28)44(41,42)30-19-17-29(43-2)18-20-30/h4-20,31H,3,21-23H2,1-2H3,(H,36,40)/t31-/m0/s1. The molecule has 0 aliphatic rings. The van der Waals surface area contributed by atoms with Crippen LogP contribution in [0.1, 0.15) is 18.1 Å². The number of ether oxygens (including phenoxy) is 1. The van der Waals surface area contributed by atoms with E-state index in [9.17, 15) is 22.4 Å². The van der Waals surface area contributed by atoms with Crippen molar-refractivity contribution in [1.29, 1.82) is 0 Å². The predicted molar refractivity (Wildman–Crippen MR) is 169 cm³/mol. The Kier molecular flexibility index (Phi) is 11.0. The monoisotopic (exact) mass is 637 g/mol. The van der Waals surface area contributed by atoms with Crippen molar-refractivity contribution in [2.75, 3.05) is 24.5 Å². The number of carbonyl (C=O) groups is 2. The highest BCUT2D eigenvalue weighted by Crippen LogP contribution is 2.27. The number of nitrogens with zero attached hydrogens (tertiary/aromatic N) is 2. The van der Waals surface area contributed by atoms with Crippen molar-refractivity contribution in [1.82, 2.24) is 10.2 Å². The number of likely N-dealkylation sites (N-methyl/N-ethyl adjacent to an activating group) is 1. The summed E-state index contributed by atoms with van der Waals surface area (Å²) in [5, 5.41) is 3.32. The number of halogens is 2. The van der Waals surface area contributed by atoms with Crippen LogP contribution in [0.25, 0.3) is 0 Å². The summed E-state index contributed by atoms with van der Waals surface area (Å²) >= 11 is 6.09. The van der Waals surface area contributed by atoms with Crippen molar-refractivity contribution in [3.05, 3.63) is 125 Å². The van der Waals surface area contributed by atoms with Crippen LogP contribution in [0.4, 0.5) is 10.1 Å². The maximum Gasteiger partial charge on any atom is 0.264 e. The van der Waals surface area contributed by atoms with E-state index in [1.807, 2.05) is 30.3 Å². The normalized spacial score (nSPS) is 11.8. The fraction of sp³-hybridized carbons (Fsp3) is 0.212. The summed E-state index contributed by atoms with van der Waals surface area (Å²) in [7, 11) is -2.86. The topological polar surface area (TPSA) is 96.0 Å². The molecule has 44 heavy (non-hydrogen) atoms. The number of sulfonamides is 1. The minimum Gasteiger partial charge on any atom is -0.497 e. The Morgan fingerprint density at radius 3 is 2.11 bits per heavy atom. The van der Waals surface area contributed by atoms with Gasteiger partial charge in [0.15, 0.2) is 0 Å². The van der Waals surface area contributed by atoms with E-state index in [-0.39, 0.29) is 29.5 Å². The highest BCUT2D eigenvalue weighted by molar-refractivity contribution is 7.92. The first-order chi connectivity index (χ1) is 21.1. The number of rotatable bonds is 13. The molecule has 2 amide bonds. The Morgan fingerprint density at radius 1 is 0.886 bits per heavy atom. The van der Waals surface area contributed by atoms with E-state index in [2.05, 4.69) is 5.32 Å². The Bertz CT molecular complexity index is 1650. The molecule has 0 aromatic heterocycles. The lowest BCUT2D eigenvalue weighted by Crippen LogP contribution is -2.53. The summed E-state index contributed by atoms with van der Waals surface area (Å²) in [5.74, 6) is -1.13. The first-order valence-corrected chi connectivity index (χ1v) is 15.7. The number of hydrogen-bond acceptors (Lipinski definition) is 5. The fourth-order valence-electron chi connectivity index (χ4n) is 4.64. The molecular formula is C33H33ClFN3O5S. The molecule has 4 aromatic rings. The van der Waals surface area contributed by atoms with Crippen LogP contribution < -0.4 is 14.4 Å². The van der Waals surface area contributed by atoms with Crippen LogP contribution in [0.2, 0.25) is 5.02 Å². The number of hydrogen-bond donors (Lipinski definition) is 1. The van der Waals surface area contributed by atoms with Crippen molar-refractivity contribution in [3.63, 3.8) is 0 Å². The van der Waals surface area contributed by atoms with Gasteiger partial charge in [-0.15, -0.1) is 0 Å². The van der Waals surface area contributed by atoms with E-state index < -0.39 is 34.3 Å². The Balaban J connectivity index is 1.78. The average molecular weight is 638 g/mol. The van der Waals surface area contributed by atoms with Crippen molar-refractivity contribution >= 4 is 39.1 Å². The molecule has 230 valence electrons. The van der Waals surface area contributed by atoms with Gasteiger partial charge in [0.05, 0.1) is 17.7 Å². The van der Waals surface area contributed by atoms with Crippen molar-refractivity contribution < 1.29 is 27.1 Å². The van der Waals surface area contributed by atoms with E-state index in [0.717, 1.165) is 22.0 Å². The van der Waals surface area contributed by atoms with Crippen molar-refractivity contribution in [2.24, 2.45) is 0 Å². The number of methoxy groups -OCH3 is 1. The van der Waals surface area contributed by atoms with Gasteiger partial charge in [-0.25, -0.2) is 12.8 Å². The van der Waals surface area contributed by atoms with Gasteiger partial charge in [-0.2, -0.15) is 0 Å². The summed E-state index contributed by atoms with van der Waals surface area (Å²) in [4.78, 5) is 29.1. The molecule has 0 spiro atoms. The molecule has 0 bridgehead atoms. The second-order valence-electron chi connectivity index (χ2n) is 9.91. The number of carbonyl (C=O) groups excluding carboxylic acids is 2. The van der Waals surface area contributed by atoms with Crippen LogP contribution >= 0.6 is 11.6 Å². The van der Waals surface area contributed by atoms with E-state index >= 15 is 0 Å². The lowest BCUT2D eigenvalue weighted by Gasteiger charge is -2.33. The molecule has 1 atom stereocenters.